The summed E-state index contributed by atoms with van der Waals surface area (Å²) in [4.78, 5) is 24.8. The van der Waals surface area contributed by atoms with Crippen LogP contribution in [0.4, 0.5) is 4.79 Å². The fourth-order valence-electron chi connectivity index (χ4n) is 2.22. The van der Waals surface area contributed by atoms with E-state index in [0.717, 1.165) is 25.9 Å². The molecule has 2 amide bonds. The van der Waals surface area contributed by atoms with Gasteiger partial charge in [0, 0.05) is 19.6 Å². The predicted molar refractivity (Wildman–Crippen MR) is 74.5 cm³/mol. The fourth-order valence-corrected chi connectivity index (χ4v) is 2.22. The molecule has 7 heteroatoms. The van der Waals surface area contributed by atoms with Crippen molar-refractivity contribution >= 4 is 12.0 Å². The molecule has 0 aromatic heterocycles. The Kier molecular flexibility index (Phi) is 6.22. The normalized spacial score (nSPS) is 20.1. The minimum absolute atomic E-state index is 0.00478. The highest BCUT2D eigenvalue weighted by molar-refractivity contribution is 5.82. The summed E-state index contributed by atoms with van der Waals surface area (Å²) in [5.41, 5.74) is 0.0551. The van der Waals surface area contributed by atoms with Gasteiger partial charge in [-0.3, -0.25) is 0 Å². The number of amides is 2. The number of aliphatic carboxylic acids is 1. The van der Waals surface area contributed by atoms with E-state index in [2.05, 4.69) is 29.5 Å². The van der Waals surface area contributed by atoms with Crippen LogP contribution in [0.25, 0.3) is 0 Å². The number of likely N-dealkylation sites (tertiary alicyclic amines) is 1. The summed E-state index contributed by atoms with van der Waals surface area (Å²) in [5.74, 6) is -1.14. The lowest BCUT2D eigenvalue weighted by atomic mass is 9.80. The number of nitrogens with one attached hydrogen (secondary N) is 2. The van der Waals surface area contributed by atoms with Gasteiger partial charge in [0.2, 0.25) is 0 Å². The monoisotopic (exact) mass is 287 g/mol. The molecule has 20 heavy (non-hydrogen) atoms. The molecular weight excluding hydrogens is 262 g/mol. The largest absolute Gasteiger partial charge is 0.480 e. The molecule has 1 rings (SSSR count). The second kappa shape index (κ2) is 7.44. The van der Waals surface area contributed by atoms with E-state index in [1.165, 1.54) is 0 Å². The number of aliphatic hydroxyl groups is 1. The summed E-state index contributed by atoms with van der Waals surface area (Å²) in [6.07, 6.45) is 2.01. The molecule has 0 aromatic rings. The highest BCUT2D eigenvalue weighted by Gasteiger charge is 2.29. The van der Waals surface area contributed by atoms with Crippen LogP contribution in [0.1, 0.15) is 26.2 Å². The number of hydrogen-bond acceptors (Lipinski definition) is 4. The van der Waals surface area contributed by atoms with Crippen molar-refractivity contribution < 1.29 is 19.8 Å². The Labute approximate surface area is 119 Å². The zero-order valence-electron chi connectivity index (χ0n) is 12.2. The van der Waals surface area contributed by atoms with Gasteiger partial charge in [0.05, 0.1) is 0 Å². The molecule has 0 saturated carbocycles. The van der Waals surface area contributed by atoms with E-state index in [0.29, 0.717) is 6.54 Å². The molecule has 0 radical (unpaired) electrons. The van der Waals surface area contributed by atoms with E-state index in [1.807, 2.05) is 0 Å². The number of carboxylic acid groups (broad SMARTS) is 1. The van der Waals surface area contributed by atoms with Gasteiger partial charge in [-0.05, 0) is 38.4 Å². The van der Waals surface area contributed by atoms with Crippen LogP contribution in [-0.2, 0) is 4.79 Å². The van der Waals surface area contributed by atoms with Crippen LogP contribution >= 0.6 is 0 Å². The summed E-state index contributed by atoms with van der Waals surface area (Å²) in [7, 11) is 2.08. The second-order valence-corrected chi connectivity index (χ2v) is 5.84. The van der Waals surface area contributed by atoms with E-state index in [9.17, 15) is 9.59 Å². The van der Waals surface area contributed by atoms with Gasteiger partial charge in [-0.2, -0.15) is 0 Å². The number of aliphatic hydroxyl groups excluding tert-OH is 1. The second-order valence-electron chi connectivity index (χ2n) is 5.84. The standard InChI is InChI=1S/C13H25N3O4/c1-13(4-6-16(2)7-5-13)9-14-12(20)15-10(3-8-17)11(18)19/h10,17H,3-9H2,1-2H3,(H,18,19)(H2,14,15,20)/t10-/m1/s1. The van der Waals surface area contributed by atoms with Crippen LogP contribution in [0.3, 0.4) is 0 Å². The smallest absolute Gasteiger partial charge is 0.326 e. The summed E-state index contributed by atoms with van der Waals surface area (Å²) >= 11 is 0. The minimum atomic E-state index is -1.14. The lowest BCUT2D eigenvalue weighted by Crippen LogP contribution is -2.50. The molecule has 0 unspecified atom stereocenters. The maximum absolute atomic E-state index is 11.7. The zero-order chi connectivity index (χ0) is 15.2. The number of carboxylic acids is 1. The van der Waals surface area contributed by atoms with Gasteiger partial charge in [0.25, 0.3) is 0 Å². The van der Waals surface area contributed by atoms with Crippen LogP contribution in [-0.4, -0.2) is 66.4 Å². The van der Waals surface area contributed by atoms with E-state index in [1.54, 1.807) is 0 Å². The third kappa shape index (κ3) is 5.34. The molecule has 7 nitrogen and oxygen atoms in total. The molecule has 4 N–H and O–H groups in total. The first-order valence-corrected chi connectivity index (χ1v) is 6.93. The number of piperidine rings is 1. The van der Waals surface area contributed by atoms with Crippen molar-refractivity contribution in [3.05, 3.63) is 0 Å². The molecule has 1 saturated heterocycles. The van der Waals surface area contributed by atoms with E-state index < -0.39 is 18.0 Å². The number of carbonyl (C=O) groups is 2. The Bertz CT molecular complexity index is 341. The first-order valence-electron chi connectivity index (χ1n) is 6.93. The Hall–Kier alpha value is -1.34. The van der Waals surface area contributed by atoms with E-state index in [4.69, 9.17) is 10.2 Å². The van der Waals surface area contributed by atoms with Crippen molar-refractivity contribution in [2.24, 2.45) is 5.41 Å². The summed E-state index contributed by atoms with van der Waals surface area (Å²) in [5, 5.41) is 22.8. The van der Waals surface area contributed by atoms with E-state index in [-0.39, 0.29) is 18.4 Å². The number of nitrogens with zero attached hydrogens (tertiary/aromatic N) is 1. The molecule has 0 spiro atoms. The minimum Gasteiger partial charge on any atom is -0.480 e. The topological polar surface area (TPSA) is 102 Å². The molecule has 1 aliphatic heterocycles. The third-order valence-corrected chi connectivity index (χ3v) is 3.89. The van der Waals surface area contributed by atoms with Gasteiger partial charge < -0.3 is 25.7 Å². The Balaban J connectivity index is 2.37. The number of urea groups is 1. The summed E-state index contributed by atoms with van der Waals surface area (Å²) in [6.45, 7) is 4.38. The van der Waals surface area contributed by atoms with Crippen LogP contribution in [0.5, 0.6) is 0 Å². The van der Waals surface area contributed by atoms with Gasteiger partial charge in [0.15, 0.2) is 0 Å². The van der Waals surface area contributed by atoms with Gasteiger partial charge >= 0.3 is 12.0 Å². The van der Waals surface area contributed by atoms with Gasteiger partial charge in [-0.15, -0.1) is 0 Å². The summed E-state index contributed by atoms with van der Waals surface area (Å²) < 4.78 is 0. The Morgan fingerprint density at radius 3 is 2.45 bits per heavy atom. The van der Waals surface area contributed by atoms with Crippen molar-refractivity contribution in [2.75, 3.05) is 33.3 Å². The fraction of sp³-hybridized carbons (Fsp3) is 0.846. The summed E-state index contributed by atoms with van der Waals surface area (Å²) in [6, 6.07) is -1.55. The third-order valence-electron chi connectivity index (χ3n) is 3.89. The molecule has 0 aliphatic carbocycles. The highest BCUT2D eigenvalue weighted by Crippen LogP contribution is 2.29. The lowest BCUT2D eigenvalue weighted by Gasteiger charge is -2.38. The van der Waals surface area contributed by atoms with Crippen molar-refractivity contribution in [1.29, 1.82) is 0 Å². The van der Waals surface area contributed by atoms with Crippen LogP contribution in [0, 0.1) is 5.41 Å². The first-order chi connectivity index (χ1) is 9.36. The number of hydrogen-bond donors (Lipinski definition) is 4. The van der Waals surface area contributed by atoms with Crippen molar-refractivity contribution in [1.82, 2.24) is 15.5 Å². The van der Waals surface area contributed by atoms with Gasteiger partial charge in [-0.1, -0.05) is 6.92 Å². The molecule has 1 aliphatic rings. The van der Waals surface area contributed by atoms with Crippen molar-refractivity contribution in [3.63, 3.8) is 0 Å². The Morgan fingerprint density at radius 1 is 1.35 bits per heavy atom. The first kappa shape index (κ1) is 16.7. The SMILES string of the molecule is CN1CCC(C)(CNC(=O)N[C@H](CCO)C(=O)O)CC1. The lowest BCUT2D eigenvalue weighted by molar-refractivity contribution is -0.139. The number of carbonyl (C=O) groups excluding carboxylic acids is 1. The predicted octanol–water partition coefficient (Wildman–Crippen LogP) is -0.147. The van der Waals surface area contributed by atoms with E-state index >= 15 is 0 Å². The number of rotatable bonds is 6. The maximum atomic E-state index is 11.7. The van der Waals surface area contributed by atoms with Crippen LogP contribution < -0.4 is 10.6 Å². The molecule has 1 heterocycles. The highest BCUT2D eigenvalue weighted by atomic mass is 16.4. The van der Waals surface area contributed by atoms with Crippen LogP contribution in [0.15, 0.2) is 0 Å². The average molecular weight is 287 g/mol. The quantitative estimate of drug-likeness (QED) is 0.544. The average Bonchev–Trinajstić information content (AvgIpc) is 2.40. The molecule has 116 valence electrons. The maximum Gasteiger partial charge on any atom is 0.326 e. The van der Waals surface area contributed by atoms with Crippen molar-refractivity contribution in [2.45, 2.75) is 32.2 Å². The Morgan fingerprint density at radius 2 is 1.95 bits per heavy atom. The van der Waals surface area contributed by atoms with Gasteiger partial charge in [-0.25, -0.2) is 9.59 Å². The molecule has 1 atom stereocenters. The van der Waals surface area contributed by atoms with Crippen molar-refractivity contribution in [3.8, 4) is 0 Å². The zero-order valence-corrected chi connectivity index (χ0v) is 12.2. The molecular formula is C13H25N3O4. The molecule has 0 bridgehead atoms. The van der Waals surface area contributed by atoms with Gasteiger partial charge in [0.1, 0.15) is 6.04 Å². The molecule has 0 aromatic carbocycles. The molecule has 1 fully saturated rings. The van der Waals surface area contributed by atoms with Crippen LogP contribution in [0.2, 0.25) is 0 Å².